The van der Waals surface area contributed by atoms with Crippen molar-refractivity contribution in [3.63, 3.8) is 0 Å². The summed E-state index contributed by atoms with van der Waals surface area (Å²) in [6, 6.07) is 12.1. The van der Waals surface area contributed by atoms with E-state index >= 15 is 0 Å². The first-order chi connectivity index (χ1) is 12.2. The van der Waals surface area contributed by atoms with Gasteiger partial charge in [-0.1, -0.05) is 37.3 Å². The second kappa shape index (κ2) is 8.02. The number of hydrogen-bond donors (Lipinski definition) is 0. The Balaban J connectivity index is 1.66. The highest BCUT2D eigenvalue weighted by atomic mass is 32.1. The number of aryl methyl sites for hydroxylation is 1. The fraction of sp³-hybridized carbons (Fsp3) is 0.333. The van der Waals surface area contributed by atoms with Crippen molar-refractivity contribution in [2.24, 2.45) is 0 Å². The molecule has 0 spiro atoms. The van der Waals surface area contributed by atoms with E-state index < -0.39 is 0 Å². The van der Waals surface area contributed by atoms with Crippen molar-refractivity contribution in [3.8, 4) is 11.4 Å². The Morgan fingerprint density at radius 2 is 2.00 bits per heavy atom. The van der Waals surface area contributed by atoms with Crippen molar-refractivity contribution in [1.29, 1.82) is 0 Å². The summed E-state index contributed by atoms with van der Waals surface area (Å²) >= 11 is 1.65. The lowest BCUT2D eigenvalue weighted by Crippen LogP contribution is -2.33. The van der Waals surface area contributed by atoms with Crippen LogP contribution in [0.4, 0.5) is 0 Å². The van der Waals surface area contributed by atoms with Gasteiger partial charge in [0.05, 0.1) is 6.54 Å². The summed E-state index contributed by atoms with van der Waals surface area (Å²) in [6.07, 6.45) is 0.992. The number of aromatic nitrogens is 4. The summed E-state index contributed by atoms with van der Waals surface area (Å²) in [6.45, 7) is 5.45. The summed E-state index contributed by atoms with van der Waals surface area (Å²) in [5.41, 5.74) is 2.17. The third kappa shape index (κ3) is 4.30. The highest BCUT2D eigenvalue weighted by Crippen LogP contribution is 2.15. The smallest absolute Gasteiger partial charge is 0.246 e. The third-order valence-electron chi connectivity index (χ3n) is 4.01. The fourth-order valence-electron chi connectivity index (χ4n) is 2.50. The maximum absolute atomic E-state index is 12.5. The molecule has 0 aliphatic carbocycles. The van der Waals surface area contributed by atoms with Crippen LogP contribution in [0.5, 0.6) is 0 Å². The molecule has 2 heterocycles. The maximum Gasteiger partial charge on any atom is 0.246 e. The topological polar surface area (TPSA) is 63.9 Å². The predicted molar refractivity (Wildman–Crippen MR) is 98.0 cm³/mol. The molecule has 1 aromatic carbocycles. The van der Waals surface area contributed by atoms with E-state index in [-0.39, 0.29) is 12.5 Å². The van der Waals surface area contributed by atoms with Gasteiger partial charge in [0.1, 0.15) is 6.54 Å². The van der Waals surface area contributed by atoms with E-state index in [1.165, 1.54) is 15.2 Å². The van der Waals surface area contributed by atoms with E-state index in [4.69, 9.17) is 0 Å². The molecule has 25 heavy (non-hydrogen) atoms. The second-order valence-corrected chi connectivity index (χ2v) is 6.71. The van der Waals surface area contributed by atoms with Crippen LogP contribution < -0.4 is 0 Å². The Hall–Kier alpha value is -2.54. The second-order valence-electron chi connectivity index (χ2n) is 5.68. The van der Waals surface area contributed by atoms with Crippen LogP contribution in [-0.4, -0.2) is 37.6 Å². The molecule has 0 atom stereocenters. The summed E-state index contributed by atoms with van der Waals surface area (Å²) in [5.74, 6) is 0.526. The number of nitrogens with zero attached hydrogens (tertiary/aromatic N) is 5. The molecule has 0 saturated heterocycles. The predicted octanol–water partition coefficient (Wildman–Crippen LogP) is 3.01. The van der Waals surface area contributed by atoms with Crippen LogP contribution in [0.3, 0.4) is 0 Å². The number of rotatable bonds is 7. The van der Waals surface area contributed by atoms with Crippen molar-refractivity contribution in [2.45, 2.75) is 33.4 Å². The molecule has 3 rings (SSSR count). The van der Waals surface area contributed by atoms with Crippen molar-refractivity contribution in [1.82, 2.24) is 25.1 Å². The molecule has 0 unspecified atom stereocenters. The van der Waals surface area contributed by atoms with Gasteiger partial charge in [-0.15, -0.1) is 21.5 Å². The van der Waals surface area contributed by atoms with E-state index in [0.717, 1.165) is 12.0 Å². The zero-order valence-electron chi connectivity index (χ0n) is 14.4. The molecule has 130 valence electrons. The number of likely N-dealkylation sites (N-methyl/N-ethyl adjacent to an activating group) is 1. The van der Waals surface area contributed by atoms with Crippen LogP contribution in [0.2, 0.25) is 0 Å². The molecule has 3 aromatic rings. The van der Waals surface area contributed by atoms with E-state index in [2.05, 4.69) is 34.5 Å². The van der Waals surface area contributed by atoms with Crippen LogP contribution in [0.25, 0.3) is 11.4 Å². The minimum absolute atomic E-state index is 0.0128. The van der Waals surface area contributed by atoms with E-state index in [1.54, 1.807) is 16.2 Å². The van der Waals surface area contributed by atoms with Gasteiger partial charge in [0.2, 0.25) is 11.7 Å². The molecule has 0 aliphatic heterocycles. The van der Waals surface area contributed by atoms with Crippen LogP contribution in [-0.2, 0) is 24.3 Å². The largest absolute Gasteiger partial charge is 0.336 e. The van der Waals surface area contributed by atoms with Crippen LogP contribution in [0.15, 0.2) is 41.8 Å². The van der Waals surface area contributed by atoms with Crippen molar-refractivity contribution < 1.29 is 4.79 Å². The molecule has 0 aliphatic rings. The number of thiophene rings is 1. The Kier molecular flexibility index (Phi) is 5.55. The summed E-state index contributed by atoms with van der Waals surface area (Å²) in [7, 11) is 0. The molecule has 2 aromatic heterocycles. The minimum atomic E-state index is -0.0128. The molecule has 0 saturated carbocycles. The molecular weight excluding hydrogens is 334 g/mol. The van der Waals surface area contributed by atoms with E-state index in [0.29, 0.717) is 18.9 Å². The Bertz CT molecular complexity index is 810. The van der Waals surface area contributed by atoms with Gasteiger partial charge in [0.15, 0.2) is 0 Å². The van der Waals surface area contributed by atoms with Gasteiger partial charge in [-0.25, -0.2) is 0 Å². The lowest BCUT2D eigenvalue weighted by molar-refractivity contribution is -0.132. The van der Waals surface area contributed by atoms with Crippen LogP contribution in [0.1, 0.15) is 24.3 Å². The number of carbonyl (C=O) groups excluding carboxylic acids is 1. The normalized spacial score (nSPS) is 10.8. The number of benzene rings is 1. The highest BCUT2D eigenvalue weighted by molar-refractivity contribution is 7.09. The van der Waals surface area contributed by atoms with Gasteiger partial charge in [-0.3, -0.25) is 4.79 Å². The standard InChI is InChI=1S/C18H21N5OS/c1-3-14-7-9-15(10-8-14)18-19-21-23(20-18)13-17(24)22(4-2)12-16-6-5-11-25-16/h5-11H,3-4,12-13H2,1-2H3. The summed E-state index contributed by atoms with van der Waals surface area (Å²) < 4.78 is 0. The third-order valence-corrected chi connectivity index (χ3v) is 4.87. The van der Waals surface area contributed by atoms with Gasteiger partial charge in [0, 0.05) is 17.0 Å². The van der Waals surface area contributed by atoms with Crippen molar-refractivity contribution in [2.75, 3.05) is 6.54 Å². The van der Waals surface area contributed by atoms with Crippen LogP contribution >= 0.6 is 11.3 Å². The summed E-state index contributed by atoms with van der Waals surface area (Å²) in [4.78, 5) is 16.8. The SMILES string of the molecule is CCc1ccc(-c2nnn(CC(=O)N(CC)Cc3cccs3)n2)cc1. The Morgan fingerprint density at radius 3 is 2.64 bits per heavy atom. The van der Waals surface area contributed by atoms with Gasteiger partial charge in [0.25, 0.3) is 0 Å². The lowest BCUT2D eigenvalue weighted by atomic mass is 10.1. The summed E-state index contributed by atoms with van der Waals surface area (Å²) in [5, 5.41) is 14.4. The van der Waals surface area contributed by atoms with Crippen molar-refractivity contribution in [3.05, 3.63) is 52.2 Å². The molecule has 0 radical (unpaired) electrons. The quantitative estimate of drug-likeness (QED) is 0.653. The first-order valence-corrected chi connectivity index (χ1v) is 9.24. The fourth-order valence-corrected chi connectivity index (χ4v) is 3.22. The van der Waals surface area contributed by atoms with Gasteiger partial charge >= 0.3 is 0 Å². The zero-order chi connectivity index (χ0) is 17.6. The van der Waals surface area contributed by atoms with Gasteiger partial charge < -0.3 is 4.90 Å². The monoisotopic (exact) mass is 355 g/mol. The molecule has 1 amide bonds. The minimum Gasteiger partial charge on any atom is -0.336 e. The number of tetrazole rings is 1. The highest BCUT2D eigenvalue weighted by Gasteiger charge is 2.15. The number of amides is 1. The molecule has 0 bridgehead atoms. The zero-order valence-corrected chi connectivity index (χ0v) is 15.2. The number of hydrogen-bond acceptors (Lipinski definition) is 5. The maximum atomic E-state index is 12.5. The van der Waals surface area contributed by atoms with E-state index in [9.17, 15) is 4.79 Å². The van der Waals surface area contributed by atoms with Gasteiger partial charge in [-0.05, 0) is 35.6 Å². The molecule has 7 heteroatoms. The Labute approximate surface area is 151 Å². The first-order valence-electron chi connectivity index (χ1n) is 8.37. The van der Waals surface area contributed by atoms with E-state index in [1.807, 2.05) is 36.6 Å². The lowest BCUT2D eigenvalue weighted by Gasteiger charge is -2.19. The molecular formula is C18H21N5OS. The molecule has 6 nitrogen and oxygen atoms in total. The molecule has 0 fully saturated rings. The molecule has 0 N–H and O–H groups in total. The Morgan fingerprint density at radius 1 is 1.20 bits per heavy atom. The number of carbonyl (C=O) groups is 1. The average molecular weight is 355 g/mol. The average Bonchev–Trinajstić information content (AvgIpc) is 3.31. The van der Waals surface area contributed by atoms with Crippen molar-refractivity contribution >= 4 is 17.2 Å². The first kappa shape index (κ1) is 17.3. The van der Waals surface area contributed by atoms with Gasteiger partial charge in [-0.2, -0.15) is 4.80 Å². The van der Waals surface area contributed by atoms with Crippen LogP contribution in [0, 0.1) is 0 Å².